The van der Waals surface area contributed by atoms with Gasteiger partial charge in [-0.3, -0.25) is 4.79 Å². The Balaban J connectivity index is 1.75. The molecule has 0 aliphatic carbocycles. The quantitative estimate of drug-likeness (QED) is 0.612. The van der Waals surface area contributed by atoms with E-state index in [9.17, 15) is 4.79 Å². The van der Waals surface area contributed by atoms with E-state index in [1.165, 1.54) is 11.8 Å². The lowest BCUT2D eigenvalue weighted by atomic mass is 10.2. The second-order valence-corrected chi connectivity index (χ2v) is 6.12. The third kappa shape index (κ3) is 3.35. The van der Waals surface area contributed by atoms with Crippen LogP contribution in [0.4, 0.5) is 17.5 Å². The number of primary amides is 1. The van der Waals surface area contributed by atoms with Gasteiger partial charge in [0, 0.05) is 38.4 Å². The van der Waals surface area contributed by atoms with Gasteiger partial charge < -0.3 is 21.3 Å². The molecule has 1 fully saturated rings. The summed E-state index contributed by atoms with van der Waals surface area (Å²) in [5.74, 6) is 1.46. The SMILES string of the molecule is CSc1nc(N)cc(N2CCN(c3ncccc3C(N)=O)CC2)n1. The molecule has 0 bridgehead atoms. The van der Waals surface area contributed by atoms with E-state index in [0.717, 1.165) is 32.0 Å². The molecule has 0 spiro atoms. The fourth-order valence-corrected chi connectivity index (χ4v) is 3.05. The molecule has 0 aromatic carbocycles. The highest BCUT2D eigenvalue weighted by Crippen LogP contribution is 2.23. The first-order valence-electron chi connectivity index (χ1n) is 7.51. The van der Waals surface area contributed by atoms with Crippen LogP contribution in [0.2, 0.25) is 0 Å². The number of hydrogen-bond acceptors (Lipinski definition) is 8. The standard InChI is InChI=1S/C15H19N7OS/c1-24-15-19-11(16)9-12(20-15)21-5-7-22(8-6-21)14-10(13(17)23)3-2-4-18-14/h2-4,9H,5-8H2,1H3,(H2,17,23)(H2,16,19,20). The van der Waals surface area contributed by atoms with E-state index in [1.54, 1.807) is 24.4 Å². The van der Waals surface area contributed by atoms with Crippen LogP contribution in [0.5, 0.6) is 0 Å². The number of carbonyl (C=O) groups excluding carboxylic acids is 1. The first-order valence-corrected chi connectivity index (χ1v) is 8.74. The van der Waals surface area contributed by atoms with Gasteiger partial charge in [-0.05, 0) is 18.4 Å². The van der Waals surface area contributed by atoms with E-state index >= 15 is 0 Å². The van der Waals surface area contributed by atoms with Gasteiger partial charge in [0.2, 0.25) is 0 Å². The van der Waals surface area contributed by atoms with Crippen LogP contribution < -0.4 is 21.3 Å². The molecule has 0 radical (unpaired) electrons. The molecule has 2 aromatic rings. The van der Waals surface area contributed by atoms with Crippen LogP contribution in [0, 0.1) is 0 Å². The summed E-state index contributed by atoms with van der Waals surface area (Å²) in [6.07, 6.45) is 3.59. The molecule has 1 amide bonds. The highest BCUT2D eigenvalue weighted by Gasteiger charge is 2.23. The molecule has 2 aromatic heterocycles. The van der Waals surface area contributed by atoms with E-state index in [1.807, 2.05) is 6.26 Å². The number of pyridine rings is 1. The zero-order valence-corrected chi connectivity index (χ0v) is 14.2. The molecular weight excluding hydrogens is 326 g/mol. The smallest absolute Gasteiger partial charge is 0.252 e. The Morgan fingerprint density at radius 3 is 2.58 bits per heavy atom. The molecule has 1 saturated heterocycles. The Morgan fingerprint density at radius 2 is 1.92 bits per heavy atom. The van der Waals surface area contributed by atoms with Gasteiger partial charge in [-0.25, -0.2) is 15.0 Å². The number of anilines is 3. The molecule has 126 valence electrons. The van der Waals surface area contributed by atoms with E-state index in [4.69, 9.17) is 11.5 Å². The topological polar surface area (TPSA) is 114 Å². The van der Waals surface area contributed by atoms with Gasteiger partial charge in [0.05, 0.1) is 5.56 Å². The maximum absolute atomic E-state index is 11.6. The molecule has 1 aliphatic rings. The van der Waals surface area contributed by atoms with Crippen molar-refractivity contribution in [2.24, 2.45) is 5.73 Å². The maximum atomic E-state index is 11.6. The summed E-state index contributed by atoms with van der Waals surface area (Å²) in [7, 11) is 0. The minimum absolute atomic E-state index is 0.446. The van der Waals surface area contributed by atoms with E-state index in [0.29, 0.717) is 22.4 Å². The minimum atomic E-state index is -0.464. The molecule has 3 heterocycles. The summed E-state index contributed by atoms with van der Waals surface area (Å²) in [4.78, 5) is 28.8. The van der Waals surface area contributed by atoms with Gasteiger partial charge in [0.25, 0.3) is 5.91 Å². The van der Waals surface area contributed by atoms with Gasteiger partial charge in [0.1, 0.15) is 17.5 Å². The first kappa shape index (κ1) is 16.3. The summed E-state index contributed by atoms with van der Waals surface area (Å²) in [5, 5.41) is 0.660. The normalized spacial score (nSPS) is 14.7. The Morgan fingerprint density at radius 1 is 1.21 bits per heavy atom. The molecule has 24 heavy (non-hydrogen) atoms. The Labute approximate surface area is 144 Å². The van der Waals surface area contributed by atoms with Crippen LogP contribution in [0.1, 0.15) is 10.4 Å². The predicted octanol–water partition coefficient (Wildman–Crippen LogP) is 0.601. The van der Waals surface area contributed by atoms with Crippen molar-refractivity contribution in [2.75, 3.05) is 48.0 Å². The van der Waals surface area contributed by atoms with Gasteiger partial charge >= 0.3 is 0 Å². The molecule has 0 atom stereocenters. The van der Waals surface area contributed by atoms with Crippen LogP contribution in [0.15, 0.2) is 29.6 Å². The average molecular weight is 345 g/mol. The predicted molar refractivity (Wildman–Crippen MR) is 95.4 cm³/mol. The van der Waals surface area contributed by atoms with Crippen molar-refractivity contribution in [2.45, 2.75) is 5.16 Å². The van der Waals surface area contributed by atoms with Crippen molar-refractivity contribution < 1.29 is 4.79 Å². The molecule has 9 heteroatoms. The van der Waals surface area contributed by atoms with Crippen LogP contribution in [0.25, 0.3) is 0 Å². The largest absolute Gasteiger partial charge is 0.383 e. The van der Waals surface area contributed by atoms with Gasteiger partial charge in [-0.15, -0.1) is 0 Å². The van der Waals surface area contributed by atoms with Crippen molar-refractivity contribution in [3.8, 4) is 0 Å². The summed E-state index contributed by atoms with van der Waals surface area (Å²) in [6.45, 7) is 2.93. The molecule has 8 nitrogen and oxygen atoms in total. The molecule has 1 aliphatic heterocycles. The van der Waals surface area contributed by atoms with Gasteiger partial charge in [0.15, 0.2) is 5.16 Å². The van der Waals surface area contributed by atoms with E-state index in [-0.39, 0.29) is 0 Å². The molecule has 0 saturated carbocycles. The Hall–Kier alpha value is -2.55. The van der Waals surface area contributed by atoms with E-state index in [2.05, 4.69) is 24.8 Å². The van der Waals surface area contributed by atoms with Crippen LogP contribution in [-0.4, -0.2) is 53.3 Å². The highest BCUT2D eigenvalue weighted by molar-refractivity contribution is 7.98. The number of nitrogens with two attached hydrogens (primary N) is 2. The summed E-state index contributed by atoms with van der Waals surface area (Å²) >= 11 is 1.46. The highest BCUT2D eigenvalue weighted by atomic mass is 32.2. The van der Waals surface area contributed by atoms with Gasteiger partial charge in [-0.2, -0.15) is 0 Å². The van der Waals surface area contributed by atoms with Crippen molar-refractivity contribution in [3.63, 3.8) is 0 Å². The Bertz CT molecular complexity index is 746. The summed E-state index contributed by atoms with van der Waals surface area (Å²) in [6, 6.07) is 5.20. The average Bonchev–Trinajstić information content (AvgIpc) is 2.61. The number of rotatable bonds is 4. The molecule has 0 unspecified atom stereocenters. The van der Waals surface area contributed by atoms with Crippen molar-refractivity contribution in [3.05, 3.63) is 30.0 Å². The lowest BCUT2D eigenvalue weighted by molar-refractivity contribution is 0.100. The number of nitrogens with zero attached hydrogens (tertiary/aromatic N) is 5. The zero-order chi connectivity index (χ0) is 17.1. The van der Waals surface area contributed by atoms with Crippen molar-refractivity contribution in [1.82, 2.24) is 15.0 Å². The molecule has 4 N–H and O–H groups in total. The zero-order valence-electron chi connectivity index (χ0n) is 13.3. The summed E-state index contributed by atoms with van der Waals surface area (Å²) < 4.78 is 0. The number of aromatic nitrogens is 3. The third-order valence-corrected chi connectivity index (χ3v) is 4.40. The number of hydrogen-bond donors (Lipinski definition) is 2. The Kier molecular flexibility index (Phi) is 4.70. The van der Waals surface area contributed by atoms with Crippen molar-refractivity contribution in [1.29, 1.82) is 0 Å². The second kappa shape index (κ2) is 6.91. The van der Waals surface area contributed by atoms with Crippen LogP contribution in [-0.2, 0) is 0 Å². The molecular formula is C15H19N7OS. The van der Waals surface area contributed by atoms with Crippen molar-refractivity contribution >= 4 is 35.1 Å². The van der Waals surface area contributed by atoms with Crippen LogP contribution in [0.3, 0.4) is 0 Å². The first-order chi connectivity index (χ1) is 11.6. The minimum Gasteiger partial charge on any atom is -0.383 e. The van der Waals surface area contributed by atoms with E-state index < -0.39 is 5.91 Å². The lowest BCUT2D eigenvalue weighted by Crippen LogP contribution is -2.47. The number of amides is 1. The molecule has 3 rings (SSSR count). The third-order valence-electron chi connectivity index (χ3n) is 3.85. The monoisotopic (exact) mass is 345 g/mol. The fourth-order valence-electron chi connectivity index (χ4n) is 2.67. The lowest BCUT2D eigenvalue weighted by Gasteiger charge is -2.36. The number of carbonyl (C=O) groups is 1. The summed E-state index contributed by atoms with van der Waals surface area (Å²) in [5.41, 5.74) is 11.7. The van der Waals surface area contributed by atoms with Crippen LogP contribution >= 0.6 is 11.8 Å². The fraction of sp³-hybridized carbons (Fsp3) is 0.333. The number of piperazine rings is 1. The number of nitrogen functional groups attached to an aromatic ring is 1. The number of thioether (sulfide) groups is 1. The van der Waals surface area contributed by atoms with Gasteiger partial charge in [-0.1, -0.05) is 11.8 Å². The maximum Gasteiger partial charge on any atom is 0.252 e. The second-order valence-electron chi connectivity index (χ2n) is 5.35.